The van der Waals surface area contributed by atoms with Crippen LogP contribution in [0.5, 0.6) is 46.0 Å². The predicted molar refractivity (Wildman–Crippen MR) is 266 cm³/mol. The van der Waals surface area contributed by atoms with Gasteiger partial charge in [-0.05, 0) is 108 Å². The zero-order valence-corrected chi connectivity index (χ0v) is 41.3. The lowest BCUT2D eigenvalue weighted by atomic mass is 9.95. The molecular weight excluding hydrogens is 968 g/mol. The normalized spacial score (nSPS) is 14.2. The highest BCUT2D eigenvalue weighted by Gasteiger charge is 2.39. The lowest BCUT2D eigenvalue weighted by Crippen LogP contribution is -2.43. The quantitative estimate of drug-likeness (QED) is 0.0930. The van der Waals surface area contributed by atoms with Crippen LogP contribution in [0.2, 0.25) is 0 Å². The summed E-state index contributed by atoms with van der Waals surface area (Å²) in [6, 6.07) is 19.5. The molecule has 0 radical (unpaired) electrons. The van der Waals surface area contributed by atoms with Crippen LogP contribution in [0, 0.1) is 0 Å². The number of nitrogens with zero attached hydrogens (tertiary/aromatic N) is 2. The van der Waals surface area contributed by atoms with Crippen molar-refractivity contribution in [2.24, 2.45) is 5.73 Å². The number of aromatic nitrogens is 2. The largest absolute Gasteiger partial charge is 0.493 e. The zero-order chi connectivity index (χ0) is 53.1. The zero-order valence-electron chi connectivity index (χ0n) is 41.3. The minimum atomic E-state index is -5.14. The fourth-order valence-electron chi connectivity index (χ4n) is 8.78. The number of methoxy groups -OCH3 is 6. The fourth-order valence-corrected chi connectivity index (χ4v) is 8.78. The number of carbonyl (C=O) groups is 2. The number of hydrogen-bond donors (Lipinski definition) is 3. The second-order valence-corrected chi connectivity index (χ2v) is 16.8. The summed E-state index contributed by atoms with van der Waals surface area (Å²) in [5, 5.41) is 4.22. The van der Waals surface area contributed by atoms with Gasteiger partial charge in [-0.2, -0.15) is 13.2 Å². The standard InChI is InChI=1S/C29H28F3N3O7.C25H26N2O5/c1-39-22-9-7-18-19(12-21(22)36)20(35-24(37)14-34-28(38)29(30,31)32)8-6-17-11-23(40-2)26(41-3)27(25(17)18)42-15-16-5-4-10-33-13-16;1-29-21-9-7-17-18(12-20(21)28)19(26)8-6-16-11-22(30-2)24(31-3)25(23(16)17)32-14-15-5-4-10-27-13-15/h4-5,7,9-13,20H,6,8,14-15H2,1-3H3,(H,34,38)(H,35,37);4-5,7,9-13,19H,6,8,14,26H2,1-3H3. The van der Waals surface area contributed by atoms with Crippen LogP contribution >= 0.6 is 0 Å². The van der Waals surface area contributed by atoms with E-state index in [1.165, 1.54) is 40.6 Å². The Kier molecular flexibility index (Phi) is 17.2. The Labute approximate surface area is 423 Å². The van der Waals surface area contributed by atoms with E-state index < -0.39 is 36.0 Å². The first kappa shape index (κ1) is 53.4. The molecule has 0 bridgehead atoms. The Bertz CT molecular complexity index is 3130. The van der Waals surface area contributed by atoms with E-state index in [-0.39, 0.29) is 36.0 Å². The van der Waals surface area contributed by atoms with Crippen LogP contribution in [-0.4, -0.2) is 77.2 Å². The van der Waals surface area contributed by atoms with E-state index in [0.29, 0.717) is 77.1 Å². The van der Waals surface area contributed by atoms with Crippen LogP contribution in [0.4, 0.5) is 13.2 Å². The third-order valence-electron chi connectivity index (χ3n) is 12.3. The molecule has 2 unspecified atom stereocenters. The van der Waals surface area contributed by atoms with Crippen LogP contribution in [0.1, 0.15) is 58.3 Å². The SMILES string of the molecule is COc1cc2c(c(OCc3cccnc3)c1OC)-c1ccc(OC)c(=O)cc1C(N)CC2.COc1cc2c(c(OCc3cccnc3)c1OC)-c1ccc(OC)c(=O)cc1C(NC(=O)CNC(=O)C(F)(F)F)CC2. The first-order valence-electron chi connectivity index (χ1n) is 23.1. The molecule has 74 heavy (non-hydrogen) atoms. The van der Waals surface area contributed by atoms with Crippen molar-refractivity contribution in [3.05, 3.63) is 151 Å². The molecule has 0 saturated carbocycles. The van der Waals surface area contributed by atoms with Crippen molar-refractivity contribution in [2.75, 3.05) is 49.2 Å². The van der Waals surface area contributed by atoms with Gasteiger partial charge in [-0.3, -0.25) is 29.1 Å². The van der Waals surface area contributed by atoms with E-state index in [4.69, 9.17) is 43.6 Å². The van der Waals surface area contributed by atoms with Gasteiger partial charge in [0.1, 0.15) is 13.2 Å². The lowest BCUT2D eigenvalue weighted by Gasteiger charge is -2.21. The lowest BCUT2D eigenvalue weighted by molar-refractivity contribution is -0.173. The molecule has 0 saturated heterocycles. The van der Waals surface area contributed by atoms with Crippen LogP contribution in [-0.2, 0) is 35.6 Å². The number of amides is 2. The number of benzene rings is 2. The van der Waals surface area contributed by atoms with E-state index in [9.17, 15) is 32.3 Å². The van der Waals surface area contributed by atoms with E-state index >= 15 is 0 Å². The number of alkyl halides is 3. The molecule has 0 spiro atoms. The van der Waals surface area contributed by atoms with Gasteiger partial charge in [-0.25, -0.2) is 0 Å². The minimum Gasteiger partial charge on any atom is -0.493 e. The first-order chi connectivity index (χ1) is 35.6. The number of hydrogen-bond acceptors (Lipinski definition) is 15. The Morgan fingerprint density at radius 3 is 1.54 bits per heavy atom. The smallest absolute Gasteiger partial charge is 0.471 e. The number of carbonyl (C=O) groups excluding carboxylic acids is 2. The van der Waals surface area contributed by atoms with Crippen molar-refractivity contribution < 1.29 is 60.7 Å². The molecule has 17 nitrogen and oxygen atoms in total. The van der Waals surface area contributed by atoms with Gasteiger partial charge in [0.05, 0.1) is 55.2 Å². The van der Waals surface area contributed by atoms with Gasteiger partial charge in [0.25, 0.3) is 0 Å². The maximum Gasteiger partial charge on any atom is 0.471 e. The maximum absolute atomic E-state index is 13.0. The summed E-state index contributed by atoms with van der Waals surface area (Å²) in [5.41, 5.74) is 13.1. The molecule has 2 aromatic heterocycles. The summed E-state index contributed by atoms with van der Waals surface area (Å²) in [4.78, 5) is 57.9. The number of ether oxygens (including phenoxy) is 8. The maximum atomic E-state index is 13.0. The number of rotatable bonds is 15. The molecule has 0 aliphatic heterocycles. The molecule has 6 aromatic rings. The molecule has 8 rings (SSSR count). The summed E-state index contributed by atoms with van der Waals surface area (Å²) in [6.45, 7) is -0.502. The number of fused-ring (bicyclic) bond motifs is 6. The van der Waals surface area contributed by atoms with Gasteiger partial charge in [0.2, 0.25) is 28.3 Å². The van der Waals surface area contributed by atoms with Crippen molar-refractivity contribution in [3.8, 4) is 68.2 Å². The van der Waals surface area contributed by atoms with Gasteiger partial charge < -0.3 is 54.3 Å². The molecule has 20 heteroatoms. The molecule has 388 valence electrons. The summed E-state index contributed by atoms with van der Waals surface area (Å²) < 4.78 is 83.6. The summed E-state index contributed by atoms with van der Waals surface area (Å²) >= 11 is 0. The third kappa shape index (κ3) is 11.9. The van der Waals surface area contributed by atoms with Crippen molar-refractivity contribution in [3.63, 3.8) is 0 Å². The monoisotopic (exact) mass is 1020 g/mol. The number of halogens is 3. The Hall–Kier alpha value is -8.39. The molecule has 2 amide bonds. The van der Waals surface area contributed by atoms with Gasteiger partial charge in [0.15, 0.2) is 34.5 Å². The molecule has 2 aliphatic rings. The third-order valence-corrected chi connectivity index (χ3v) is 12.3. The summed E-state index contributed by atoms with van der Waals surface area (Å²) in [5.74, 6) is -0.219. The van der Waals surface area contributed by atoms with Crippen LogP contribution < -0.4 is 65.1 Å². The second kappa shape index (κ2) is 23.9. The topological polar surface area (TPSA) is 218 Å². The Balaban J connectivity index is 0.000000224. The predicted octanol–water partition coefficient (Wildman–Crippen LogP) is 7.16. The van der Waals surface area contributed by atoms with E-state index in [1.807, 2.05) is 30.3 Å². The minimum absolute atomic E-state index is 0.0328. The molecule has 4 aromatic carbocycles. The molecular formula is C54H54F3N5O12. The van der Waals surface area contributed by atoms with Crippen molar-refractivity contribution in [1.29, 1.82) is 0 Å². The molecule has 0 fully saturated rings. The highest BCUT2D eigenvalue weighted by Crippen LogP contribution is 2.52. The Morgan fingerprint density at radius 2 is 1.09 bits per heavy atom. The first-order valence-corrected chi connectivity index (χ1v) is 23.1. The highest BCUT2D eigenvalue weighted by molar-refractivity contribution is 5.88. The molecule has 2 heterocycles. The summed E-state index contributed by atoms with van der Waals surface area (Å²) in [6.07, 6.45) is 3.59. The van der Waals surface area contributed by atoms with Crippen molar-refractivity contribution in [2.45, 2.75) is 57.2 Å². The number of nitrogens with two attached hydrogens (primary N) is 1. The number of nitrogens with one attached hydrogen (secondary N) is 2. The van der Waals surface area contributed by atoms with Gasteiger partial charge in [-0.1, -0.05) is 24.3 Å². The van der Waals surface area contributed by atoms with E-state index in [1.54, 1.807) is 74.7 Å². The fraction of sp³-hybridized carbons (Fsp3) is 0.296. The van der Waals surface area contributed by atoms with Gasteiger partial charge >= 0.3 is 12.1 Å². The number of pyridine rings is 2. The average molecular weight is 1020 g/mol. The molecule has 2 atom stereocenters. The average Bonchev–Trinajstić information content (AvgIpc) is 3.80. The van der Waals surface area contributed by atoms with Crippen molar-refractivity contribution >= 4 is 11.8 Å². The highest BCUT2D eigenvalue weighted by atomic mass is 19.4. The van der Waals surface area contributed by atoms with Gasteiger partial charge in [-0.15, -0.1) is 0 Å². The second-order valence-electron chi connectivity index (χ2n) is 16.8. The van der Waals surface area contributed by atoms with Crippen LogP contribution in [0.3, 0.4) is 0 Å². The summed E-state index contributed by atoms with van der Waals surface area (Å²) in [7, 11) is 8.93. The van der Waals surface area contributed by atoms with Gasteiger partial charge in [0, 0.05) is 53.1 Å². The Morgan fingerprint density at radius 1 is 0.622 bits per heavy atom. The van der Waals surface area contributed by atoms with Crippen molar-refractivity contribution in [1.82, 2.24) is 20.6 Å². The number of aryl methyl sites for hydroxylation is 2. The molecule has 4 N–H and O–H groups in total. The van der Waals surface area contributed by atoms with Crippen LogP contribution in [0.15, 0.2) is 107 Å². The van der Waals surface area contributed by atoms with E-state index in [2.05, 4.69) is 15.3 Å². The van der Waals surface area contributed by atoms with E-state index in [0.717, 1.165) is 38.9 Å². The van der Waals surface area contributed by atoms with Crippen LogP contribution in [0.25, 0.3) is 22.3 Å². The molecule has 2 aliphatic carbocycles.